The Kier molecular flexibility index (Phi) is 2.80. The van der Waals surface area contributed by atoms with Crippen LogP contribution in [-0.2, 0) is 4.84 Å². The summed E-state index contributed by atoms with van der Waals surface area (Å²) in [6, 6.07) is 5.74. The number of hydrogen-bond donors (Lipinski definition) is 2. The number of benzene rings is 1. The molecule has 22 heavy (non-hydrogen) atoms. The largest absolute Gasteiger partial charge is 0.257 e. The molecule has 4 nitrogen and oxygen atoms in total. The molecule has 1 aromatic carbocycles. The molecule has 0 amide bonds. The zero-order valence-electron chi connectivity index (χ0n) is 12.1. The second-order valence-electron chi connectivity index (χ2n) is 6.72. The minimum Gasteiger partial charge on any atom is -0.257 e. The van der Waals surface area contributed by atoms with E-state index in [1.165, 1.54) is 37.0 Å². The summed E-state index contributed by atoms with van der Waals surface area (Å²) in [6.45, 7) is 0. The van der Waals surface area contributed by atoms with Crippen molar-refractivity contribution in [1.29, 1.82) is 0 Å². The molecule has 2 bridgehead atoms. The predicted molar refractivity (Wildman–Crippen MR) is 84.4 cm³/mol. The number of fused-ring (bicyclic) bond motifs is 3. The van der Waals surface area contributed by atoms with Gasteiger partial charge in [0, 0.05) is 21.4 Å². The van der Waals surface area contributed by atoms with Gasteiger partial charge >= 0.3 is 0 Å². The first-order valence-corrected chi connectivity index (χ1v) is 8.80. The minimum absolute atomic E-state index is 0.147. The summed E-state index contributed by atoms with van der Waals surface area (Å²) in [6.07, 6.45) is 6.21. The molecule has 1 atom stereocenters. The lowest BCUT2D eigenvalue weighted by molar-refractivity contribution is -0.153. The van der Waals surface area contributed by atoms with Crippen molar-refractivity contribution in [3.63, 3.8) is 0 Å². The van der Waals surface area contributed by atoms with E-state index in [1.807, 2.05) is 23.3 Å². The Labute approximate surface area is 132 Å². The molecule has 1 spiro atoms. The SMILES string of the molecule is Fc1csc2cc(N3NO[C@@]4(CC5CCC4CC5)N3)ccc12. The van der Waals surface area contributed by atoms with Crippen molar-refractivity contribution in [3.8, 4) is 0 Å². The van der Waals surface area contributed by atoms with Crippen LogP contribution in [0.3, 0.4) is 0 Å². The van der Waals surface area contributed by atoms with E-state index in [2.05, 4.69) is 11.0 Å². The lowest BCUT2D eigenvalue weighted by Crippen LogP contribution is -2.57. The fraction of sp³-hybridized carbons (Fsp3) is 0.500. The van der Waals surface area contributed by atoms with Gasteiger partial charge in [-0.25, -0.2) is 9.51 Å². The van der Waals surface area contributed by atoms with E-state index in [1.54, 1.807) is 5.38 Å². The highest BCUT2D eigenvalue weighted by Gasteiger charge is 2.53. The summed E-state index contributed by atoms with van der Waals surface area (Å²) in [7, 11) is 0. The van der Waals surface area contributed by atoms with E-state index >= 15 is 0 Å². The number of rotatable bonds is 1. The van der Waals surface area contributed by atoms with Crippen LogP contribution in [0.15, 0.2) is 23.6 Å². The maximum absolute atomic E-state index is 13.6. The summed E-state index contributed by atoms with van der Waals surface area (Å²) in [4.78, 5) is 5.99. The van der Waals surface area contributed by atoms with Gasteiger partial charge in [-0.15, -0.1) is 11.3 Å². The third kappa shape index (κ3) is 1.84. The van der Waals surface area contributed by atoms with Crippen LogP contribution in [0, 0.1) is 17.7 Å². The smallest absolute Gasteiger partial charge is 0.163 e. The lowest BCUT2D eigenvalue weighted by Gasteiger charge is -2.47. The van der Waals surface area contributed by atoms with Crippen molar-refractivity contribution in [2.24, 2.45) is 11.8 Å². The molecular formula is C16H18FN3OS. The Morgan fingerprint density at radius 1 is 1.27 bits per heavy atom. The Balaban J connectivity index is 1.44. The lowest BCUT2D eigenvalue weighted by atomic mass is 9.66. The second-order valence-corrected chi connectivity index (χ2v) is 7.63. The Bertz CT molecular complexity index is 727. The zero-order chi connectivity index (χ0) is 14.7. The zero-order valence-corrected chi connectivity index (χ0v) is 13.0. The van der Waals surface area contributed by atoms with Gasteiger partial charge in [-0.1, -0.05) is 5.59 Å². The maximum Gasteiger partial charge on any atom is 0.163 e. The number of thiophene rings is 1. The number of hydrogen-bond acceptors (Lipinski definition) is 5. The van der Waals surface area contributed by atoms with Crippen LogP contribution < -0.4 is 16.1 Å². The molecule has 3 aliphatic carbocycles. The van der Waals surface area contributed by atoms with E-state index in [0.29, 0.717) is 11.3 Å². The Morgan fingerprint density at radius 2 is 2.14 bits per heavy atom. The van der Waals surface area contributed by atoms with E-state index in [-0.39, 0.29) is 11.5 Å². The van der Waals surface area contributed by atoms with E-state index in [4.69, 9.17) is 4.84 Å². The number of nitrogens with one attached hydrogen (secondary N) is 2. The van der Waals surface area contributed by atoms with Gasteiger partial charge in [-0.3, -0.25) is 4.84 Å². The van der Waals surface area contributed by atoms with Gasteiger partial charge in [0.05, 0.1) is 5.69 Å². The van der Waals surface area contributed by atoms with Crippen molar-refractivity contribution in [2.75, 3.05) is 5.12 Å². The topological polar surface area (TPSA) is 36.5 Å². The first-order valence-electron chi connectivity index (χ1n) is 7.92. The highest BCUT2D eigenvalue weighted by molar-refractivity contribution is 7.17. The molecule has 1 aliphatic heterocycles. The normalized spacial score (nSPS) is 34.1. The molecule has 1 saturated heterocycles. The fourth-order valence-electron chi connectivity index (χ4n) is 4.29. The molecule has 4 aliphatic rings. The second kappa shape index (κ2) is 4.64. The summed E-state index contributed by atoms with van der Waals surface area (Å²) >= 11 is 1.43. The first-order chi connectivity index (χ1) is 10.7. The maximum atomic E-state index is 13.6. The first kappa shape index (κ1) is 13.2. The van der Waals surface area contributed by atoms with Crippen molar-refractivity contribution < 1.29 is 9.23 Å². The van der Waals surface area contributed by atoms with Crippen molar-refractivity contribution in [1.82, 2.24) is 11.0 Å². The van der Waals surface area contributed by atoms with E-state index < -0.39 is 0 Å². The summed E-state index contributed by atoms with van der Waals surface area (Å²) in [5, 5.41) is 4.08. The van der Waals surface area contributed by atoms with Crippen molar-refractivity contribution in [2.45, 2.75) is 37.8 Å². The van der Waals surface area contributed by atoms with Gasteiger partial charge in [0.2, 0.25) is 0 Å². The average Bonchev–Trinajstić information content (AvgIpc) is 3.13. The minimum atomic E-state index is -0.267. The summed E-state index contributed by atoms with van der Waals surface area (Å²) in [5.41, 5.74) is 7.24. The van der Waals surface area contributed by atoms with Crippen LogP contribution in [0.4, 0.5) is 10.1 Å². The summed E-state index contributed by atoms with van der Waals surface area (Å²) < 4.78 is 14.5. The molecule has 1 aromatic heterocycles. The van der Waals surface area contributed by atoms with Crippen LogP contribution in [-0.4, -0.2) is 5.72 Å². The van der Waals surface area contributed by atoms with Crippen LogP contribution >= 0.6 is 11.3 Å². The predicted octanol–water partition coefficient (Wildman–Crippen LogP) is 3.71. The van der Waals surface area contributed by atoms with Crippen LogP contribution in [0.1, 0.15) is 32.1 Å². The monoisotopic (exact) mass is 319 g/mol. The fourth-order valence-corrected chi connectivity index (χ4v) is 5.13. The van der Waals surface area contributed by atoms with Crippen molar-refractivity contribution in [3.05, 3.63) is 29.4 Å². The third-order valence-corrected chi connectivity index (χ3v) is 6.40. The van der Waals surface area contributed by atoms with E-state index in [9.17, 15) is 4.39 Å². The Hall–Kier alpha value is -1.21. The van der Waals surface area contributed by atoms with E-state index in [0.717, 1.165) is 22.7 Å². The molecule has 116 valence electrons. The van der Waals surface area contributed by atoms with Gasteiger partial charge in [0.1, 0.15) is 5.82 Å². The molecule has 2 heterocycles. The third-order valence-electron chi connectivity index (χ3n) is 5.49. The molecule has 2 aromatic rings. The molecule has 0 radical (unpaired) electrons. The van der Waals surface area contributed by atoms with Gasteiger partial charge < -0.3 is 0 Å². The molecular weight excluding hydrogens is 301 g/mol. The molecule has 2 N–H and O–H groups in total. The average molecular weight is 319 g/mol. The van der Waals surface area contributed by atoms with Gasteiger partial charge in [-0.05, 0) is 56.2 Å². The number of nitrogens with zero attached hydrogens (tertiary/aromatic N) is 1. The standard InChI is InChI=1S/C16H18FN3OS/c17-14-9-22-15-7-12(5-6-13(14)15)20-18-16(21-19-20)8-10-1-3-11(16)4-2-10/h5-7,9-11,18-19H,1-4,8H2/t10?,11?,16-/m1/s1. The van der Waals surface area contributed by atoms with Crippen LogP contribution in [0.2, 0.25) is 0 Å². The van der Waals surface area contributed by atoms with Gasteiger partial charge in [-0.2, -0.15) is 5.43 Å². The molecule has 6 heteroatoms. The number of halogens is 1. The number of anilines is 1. The number of hydrazine groups is 2. The quantitative estimate of drug-likeness (QED) is 0.840. The van der Waals surface area contributed by atoms with Crippen molar-refractivity contribution >= 4 is 27.1 Å². The molecule has 0 unspecified atom stereocenters. The molecule has 4 fully saturated rings. The summed E-state index contributed by atoms with van der Waals surface area (Å²) in [5.74, 6) is 1.19. The highest BCUT2D eigenvalue weighted by Crippen LogP contribution is 2.49. The van der Waals surface area contributed by atoms with Gasteiger partial charge in [0.25, 0.3) is 0 Å². The molecule has 6 rings (SSSR count). The molecule has 3 saturated carbocycles. The highest BCUT2D eigenvalue weighted by atomic mass is 32.1. The Morgan fingerprint density at radius 3 is 2.91 bits per heavy atom. The van der Waals surface area contributed by atoms with Gasteiger partial charge in [0.15, 0.2) is 5.72 Å². The van der Waals surface area contributed by atoms with Crippen LogP contribution in [0.25, 0.3) is 10.1 Å². The van der Waals surface area contributed by atoms with Crippen LogP contribution in [0.5, 0.6) is 0 Å².